The molecule has 1 fully saturated rings. The number of nitrogens with zero attached hydrogens (tertiary/aromatic N) is 2. The van der Waals surface area contributed by atoms with Crippen molar-refractivity contribution in [3.05, 3.63) is 40.1 Å². The molecule has 186 valence electrons. The summed E-state index contributed by atoms with van der Waals surface area (Å²) in [6.07, 6.45) is 3.84. The van der Waals surface area contributed by atoms with Crippen LogP contribution in [0, 0.1) is 0 Å². The summed E-state index contributed by atoms with van der Waals surface area (Å²) in [5.74, 6) is 0.149. The summed E-state index contributed by atoms with van der Waals surface area (Å²) in [6.45, 7) is 4.71. The minimum atomic E-state index is -0.524. The number of hydrogen-bond donors (Lipinski definition) is 2. The maximum absolute atomic E-state index is 12.5. The lowest BCUT2D eigenvalue weighted by Crippen LogP contribution is -2.42. The summed E-state index contributed by atoms with van der Waals surface area (Å²) in [6, 6.07) is 7.49. The molecule has 0 radical (unpaired) electrons. The average Bonchev–Trinajstić information content (AvgIpc) is 3.31. The first-order valence-corrected chi connectivity index (χ1v) is 12.7. The number of fused-ring (bicyclic) bond motifs is 1. The molecule has 0 bridgehead atoms. The minimum Gasteiger partial charge on any atom is -0.497 e. The zero-order valence-corrected chi connectivity index (χ0v) is 20.8. The van der Waals surface area contributed by atoms with Gasteiger partial charge in [-0.2, -0.15) is 0 Å². The van der Waals surface area contributed by atoms with Gasteiger partial charge in [0.25, 0.3) is 0 Å². The van der Waals surface area contributed by atoms with Crippen LogP contribution in [0.3, 0.4) is 0 Å². The molecule has 10 heteroatoms. The molecule has 0 aliphatic carbocycles. The molecule has 4 rings (SSSR count). The molecule has 0 saturated carbocycles. The summed E-state index contributed by atoms with van der Waals surface area (Å²) in [5, 5.41) is 8.38. The molecule has 2 aromatic heterocycles. The number of ether oxygens (including phenoxy) is 1. The smallest absolute Gasteiger partial charge is 0.345 e. The van der Waals surface area contributed by atoms with E-state index in [0.717, 1.165) is 18.5 Å². The standard InChI is InChI=1S/C25H30N4O5S/c1-16-5-3-4-11-29(16)12-10-26-22(30)8-9-23(31)28-25-27-20(15-35-25)19-13-17-6-7-18(33-2)14-21(17)34-24(19)32/h6-7,13-16H,3-5,8-12H2,1-2H3,(H,26,30)(H,27,28,31)/t16-/m1/s1. The molecule has 1 aliphatic rings. The Morgan fingerprint density at radius 3 is 2.86 bits per heavy atom. The molecule has 1 saturated heterocycles. The monoisotopic (exact) mass is 498 g/mol. The van der Waals surface area contributed by atoms with E-state index >= 15 is 0 Å². The molecule has 2 amide bonds. The van der Waals surface area contributed by atoms with E-state index < -0.39 is 5.63 Å². The number of nitrogens with one attached hydrogen (secondary N) is 2. The van der Waals surface area contributed by atoms with Crippen molar-refractivity contribution in [1.82, 2.24) is 15.2 Å². The van der Waals surface area contributed by atoms with E-state index in [4.69, 9.17) is 9.15 Å². The molecule has 35 heavy (non-hydrogen) atoms. The van der Waals surface area contributed by atoms with Crippen molar-refractivity contribution in [2.75, 3.05) is 32.1 Å². The van der Waals surface area contributed by atoms with Gasteiger partial charge in [-0.25, -0.2) is 9.78 Å². The van der Waals surface area contributed by atoms with Gasteiger partial charge in [-0.15, -0.1) is 11.3 Å². The van der Waals surface area contributed by atoms with Gasteiger partial charge in [0.1, 0.15) is 11.3 Å². The van der Waals surface area contributed by atoms with E-state index in [0.29, 0.717) is 40.3 Å². The highest BCUT2D eigenvalue weighted by Crippen LogP contribution is 2.27. The maximum atomic E-state index is 12.5. The molecular formula is C25H30N4O5S. The van der Waals surface area contributed by atoms with E-state index in [1.165, 1.54) is 30.6 Å². The number of aromatic nitrogens is 1. The highest BCUT2D eigenvalue weighted by molar-refractivity contribution is 7.14. The van der Waals surface area contributed by atoms with E-state index in [9.17, 15) is 14.4 Å². The fourth-order valence-electron chi connectivity index (χ4n) is 4.18. The Kier molecular flexibility index (Phi) is 8.14. The van der Waals surface area contributed by atoms with Crippen molar-refractivity contribution in [3.63, 3.8) is 0 Å². The van der Waals surface area contributed by atoms with Crippen LogP contribution in [0.4, 0.5) is 5.13 Å². The van der Waals surface area contributed by atoms with Crippen LogP contribution in [0.5, 0.6) is 5.75 Å². The number of amides is 2. The number of benzene rings is 1. The molecule has 0 spiro atoms. The molecule has 2 N–H and O–H groups in total. The number of piperidine rings is 1. The van der Waals surface area contributed by atoms with Crippen LogP contribution in [0.2, 0.25) is 0 Å². The second kappa shape index (κ2) is 11.5. The summed E-state index contributed by atoms with van der Waals surface area (Å²) >= 11 is 1.21. The number of carbonyl (C=O) groups is 2. The Morgan fingerprint density at radius 2 is 2.06 bits per heavy atom. The topological polar surface area (TPSA) is 114 Å². The van der Waals surface area contributed by atoms with Gasteiger partial charge < -0.3 is 19.8 Å². The van der Waals surface area contributed by atoms with Crippen LogP contribution in [-0.4, -0.2) is 54.5 Å². The Balaban J connectivity index is 1.27. The van der Waals surface area contributed by atoms with Gasteiger partial charge in [0.2, 0.25) is 11.8 Å². The lowest BCUT2D eigenvalue weighted by Gasteiger charge is -2.33. The van der Waals surface area contributed by atoms with Gasteiger partial charge in [0, 0.05) is 48.8 Å². The number of methoxy groups -OCH3 is 1. The highest BCUT2D eigenvalue weighted by Gasteiger charge is 2.18. The highest BCUT2D eigenvalue weighted by atomic mass is 32.1. The van der Waals surface area contributed by atoms with E-state index in [2.05, 4.69) is 27.4 Å². The third-order valence-corrected chi connectivity index (χ3v) is 6.97. The van der Waals surface area contributed by atoms with Crippen molar-refractivity contribution in [2.24, 2.45) is 0 Å². The number of carbonyl (C=O) groups excluding carboxylic acids is 2. The third kappa shape index (κ3) is 6.46. The SMILES string of the molecule is COc1ccc2cc(-c3csc(NC(=O)CCC(=O)NCCN4CCCC[C@H]4C)n3)c(=O)oc2c1. The van der Waals surface area contributed by atoms with Crippen LogP contribution >= 0.6 is 11.3 Å². The fourth-order valence-corrected chi connectivity index (χ4v) is 4.90. The first-order chi connectivity index (χ1) is 16.9. The summed E-state index contributed by atoms with van der Waals surface area (Å²) in [7, 11) is 1.54. The van der Waals surface area contributed by atoms with Gasteiger partial charge in [-0.1, -0.05) is 6.42 Å². The molecule has 1 aromatic carbocycles. The van der Waals surface area contributed by atoms with E-state index in [1.54, 1.807) is 36.8 Å². The van der Waals surface area contributed by atoms with Gasteiger partial charge in [0.05, 0.1) is 18.4 Å². The van der Waals surface area contributed by atoms with Crippen LogP contribution < -0.4 is 21.0 Å². The average molecular weight is 499 g/mol. The second-order valence-electron chi connectivity index (χ2n) is 8.67. The van der Waals surface area contributed by atoms with Crippen molar-refractivity contribution >= 4 is 39.3 Å². The summed E-state index contributed by atoms with van der Waals surface area (Å²) in [5.41, 5.74) is 0.624. The Bertz CT molecular complexity index is 1250. The number of thiazole rings is 1. The Hall–Kier alpha value is -3.24. The Labute approximate surface area is 207 Å². The predicted octanol–water partition coefficient (Wildman–Crippen LogP) is 3.63. The third-order valence-electron chi connectivity index (χ3n) is 6.21. The molecule has 9 nitrogen and oxygen atoms in total. The Morgan fingerprint density at radius 1 is 1.23 bits per heavy atom. The van der Waals surface area contributed by atoms with Gasteiger partial charge in [0.15, 0.2) is 5.13 Å². The molecule has 1 aliphatic heterocycles. The molecule has 3 aromatic rings. The molecule has 3 heterocycles. The number of anilines is 1. The van der Waals surface area contributed by atoms with Gasteiger partial charge in [-0.05, 0) is 44.5 Å². The minimum absolute atomic E-state index is 0.0564. The second-order valence-corrected chi connectivity index (χ2v) is 9.53. The van der Waals surface area contributed by atoms with Crippen LogP contribution in [-0.2, 0) is 9.59 Å². The van der Waals surface area contributed by atoms with E-state index in [-0.39, 0.29) is 24.7 Å². The molecule has 1 atom stereocenters. The first-order valence-electron chi connectivity index (χ1n) is 11.8. The normalized spacial score (nSPS) is 16.2. The fraction of sp³-hybridized carbons (Fsp3) is 0.440. The lowest BCUT2D eigenvalue weighted by atomic mass is 10.0. The van der Waals surface area contributed by atoms with Crippen LogP contribution in [0.1, 0.15) is 39.0 Å². The van der Waals surface area contributed by atoms with Gasteiger partial charge in [-0.3, -0.25) is 14.5 Å². The van der Waals surface area contributed by atoms with E-state index in [1.807, 2.05) is 0 Å². The molecular weight excluding hydrogens is 468 g/mol. The zero-order chi connectivity index (χ0) is 24.8. The summed E-state index contributed by atoms with van der Waals surface area (Å²) < 4.78 is 10.6. The number of rotatable bonds is 9. The van der Waals surface area contributed by atoms with Crippen molar-refractivity contribution in [2.45, 2.75) is 45.1 Å². The molecule has 0 unspecified atom stereocenters. The van der Waals surface area contributed by atoms with Crippen molar-refractivity contribution in [3.8, 4) is 17.0 Å². The number of hydrogen-bond acceptors (Lipinski definition) is 8. The summed E-state index contributed by atoms with van der Waals surface area (Å²) in [4.78, 5) is 43.6. The van der Waals surface area contributed by atoms with Crippen LogP contribution in [0.25, 0.3) is 22.2 Å². The van der Waals surface area contributed by atoms with Crippen molar-refractivity contribution in [1.29, 1.82) is 0 Å². The zero-order valence-electron chi connectivity index (χ0n) is 20.0. The quantitative estimate of drug-likeness (QED) is 0.433. The predicted molar refractivity (Wildman–Crippen MR) is 136 cm³/mol. The van der Waals surface area contributed by atoms with Gasteiger partial charge >= 0.3 is 5.63 Å². The van der Waals surface area contributed by atoms with Crippen molar-refractivity contribution < 1.29 is 18.7 Å². The largest absolute Gasteiger partial charge is 0.497 e. The first kappa shape index (κ1) is 24.9. The maximum Gasteiger partial charge on any atom is 0.345 e. The lowest BCUT2D eigenvalue weighted by molar-refractivity contribution is -0.124. The number of likely N-dealkylation sites (tertiary alicyclic amines) is 1. The van der Waals surface area contributed by atoms with Crippen LogP contribution in [0.15, 0.2) is 38.9 Å².